The van der Waals surface area contributed by atoms with Gasteiger partial charge in [-0.25, -0.2) is 13.1 Å². The molecule has 6 nitrogen and oxygen atoms in total. The Balaban J connectivity index is 1.95. The van der Waals surface area contributed by atoms with Crippen molar-refractivity contribution in [3.05, 3.63) is 64.8 Å². The first-order valence-electron chi connectivity index (χ1n) is 8.48. The fourth-order valence-corrected chi connectivity index (χ4v) is 4.00. The lowest BCUT2D eigenvalue weighted by Crippen LogP contribution is -2.23. The average molecular weight is 386 g/mol. The summed E-state index contributed by atoms with van der Waals surface area (Å²) in [7, 11) is -2.34. The summed E-state index contributed by atoms with van der Waals surface area (Å²) in [4.78, 5) is 0.0589. The fraction of sp³-hybridized carbons (Fsp3) is 0.250. The van der Waals surface area contributed by atoms with Gasteiger partial charge in [-0.3, -0.25) is 0 Å². The largest absolute Gasteiger partial charge is 0.495 e. The molecule has 142 valence electrons. The lowest BCUT2D eigenvalue weighted by molar-refractivity contribution is 0.402. The number of nitrogens with zero attached hydrogens (tertiary/aromatic N) is 1. The van der Waals surface area contributed by atoms with Crippen molar-refractivity contribution >= 4 is 10.0 Å². The van der Waals surface area contributed by atoms with Crippen molar-refractivity contribution in [2.75, 3.05) is 7.11 Å². The van der Waals surface area contributed by atoms with Crippen LogP contribution in [0.5, 0.6) is 5.75 Å². The van der Waals surface area contributed by atoms with Gasteiger partial charge in [0.25, 0.3) is 0 Å². The minimum Gasteiger partial charge on any atom is -0.495 e. The smallest absolute Gasteiger partial charge is 0.244 e. The molecule has 0 aliphatic heterocycles. The van der Waals surface area contributed by atoms with E-state index in [1.54, 1.807) is 18.2 Å². The number of sulfonamides is 1. The molecular weight excluding hydrogens is 364 g/mol. The van der Waals surface area contributed by atoms with E-state index in [0.717, 1.165) is 22.4 Å². The first-order valence-corrected chi connectivity index (χ1v) is 9.96. The second-order valence-electron chi connectivity index (χ2n) is 6.40. The van der Waals surface area contributed by atoms with Crippen molar-refractivity contribution < 1.29 is 17.7 Å². The van der Waals surface area contributed by atoms with Crippen molar-refractivity contribution in [3.8, 4) is 17.1 Å². The Labute approximate surface area is 159 Å². The van der Waals surface area contributed by atoms with E-state index < -0.39 is 10.0 Å². The summed E-state index contributed by atoms with van der Waals surface area (Å²) >= 11 is 0. The number of aryl methyl sites for hydroxylation is 2. The van der Waals surface area contributed by atoms with Crippen molar-refractivity contribution in [2.45, 2.75) is 32.2 Å². The van der Waals surface area contributed by atoms with Crippen LogP contribution in [0.3, 0.4) is 0 Å². The summed E-state index contributed by atoms with van der Waals surface area (Å²) in [6.45, 7) is 5.88. The second-order valence-corrected chi connectivity index (χ2v) is 8.14. The van der Waals surface area contributed by atoms with Gasteiger partial charge in [-0.1, -0.05) is 35.0 Å². The number of ether oxygens (including phenoxy) is 1. The van der Waals surface area contributed by atoms with Crippen molar-refractivity contribution in [1.29, 1.82) is 0 Å². The van der Waals surface area contributed by atoms with E-state index in [1.807, 2.05) is 45.0 Å². The molecule has 3 aromatic rings. The van der Waals surface area contributed by atoms with Gasteiger partial charge in [-0.15, -0.1) is 0 Å². The zero-order valence-electron chi connectivity index (χ0n) is 15.7. The summed E-state index contributed by atoms with van der Waals surface area (Å²) in [6.07, 6.45) is 0. The van der Waals surface area contributed by atoms with Gasteiger partial charge in [-0.05, 0) is 44.5 Å². The Kier molecular flexibility index (Phi) is 5.34. The molecule has 0 spiro atoms. The molecule has 0 amide bonds. The third kappa shape index (κ3) is 4.04. The summed E-state index contributed by atoms with van der Waals surface area (Å²) in [5.41, 5.74) is 4.22. The molecule has 0 fully saturated rings. The molecule has 0 unspecified atom stereocenters. The molecule has 0 bridgehead atoms. The lowest BCUT2D eigenvalue weighted by atomic mass is 10.1. The first-order chi connectivity index (χ1) is 12.8. The van der Waals surface area contributed by atoms with E-state index in [2.05, 4.69) is 9.88 Å². The fourth-order valence-electron chi connectivity index (χ4n) is 2.79. The van der Waals surface area contributed by atoms with Gasteiger partial charge in [0.15, 0.2) is 5.76 Å². The molecule has 0 saturated heterocycles. The maximum Gasteiger partial charge on any atom is 0.244 e. The van der Waals surface area contributed by atoms with Crippen molar-refractivity contribution in [2.24, 2.45) is 0 Å². The zero-order valence-corrected chi connectivity index (χ0v) is 16.6. The van der Waals surface area contributed by atoms with Crippen molar-refractivity contribution in [1.82, 2.24) is 9.88 Å². The Bertz CT molecular complexity index is 1070. The van der Waals surface area contributed by atoms with E-state index in [-0.39, 0.29) is 17.2 Å². The van der Waals surface area contributed by atoms with Gasteiger partial charge in [0.05, 0.1) is 12.8 Å². The second kappa shape index (κ2) is 7.54. The van der Waals surface area contributed by atoms with Gasteiger partial charge in [0.1, 0.15) is 10.6 Å². The van der Waals surface area contributed by atoms with Crippen LogP contribution in [0, 0.1) is 20.8 Å². The van der Waals surface area contributed by atoms with Crippen LogP contribution in [0.25, 0.3) is 11.3 Å². The van der Waals surface area contributed by atoms with Crippen LogP contribution in [0.15, 0.2) is 51.9 Å². The third-order valence-corrected chi connectivity index (χ3v) is 5.84. The first kappa shape index (κ1) is 19.1. The van der Waals surface area contributed by atoms with E-state index >= 15 is 0 Å². The normalized spacial score (nSPS) is 11.6. The molecule has 0 atom stereocenters. The monoisotopic (exact) mass is 386 g/mol. The summed E-state index contributed by atoms with van der Waals surface area (Å²) in [5.74, 6) is 0.815. The summed E-state index contributed by atoms with van der Waals surface area (Å²) in [5, 5.41) is 3.94. The number of nitrogens with one attached hydrogen (secondary N) is 1. The molecular formula is C20H22N2O4S. The minimum absolute atomic E-state index is 0.0589. The number of hydrogen-bond donors (Lipinski definition) is 1. The Hall–Kier alpha value is -2.64. The van der Waals surface area contributed by atoms with Gasteiger partial charge >= 0.3 is 0 Å². The quantitative estimate of drug-likeness (QED) is 0.698. The van der Waals surface area contributed by atoms with Crippen LogP contribution in [0.1, 0.15) is 22.4 Å². The standard InChI is InChI=1S/C20H22N2O4S/c1-13-6-5-7-16(10-13)12-21-27(23,24)19-11-17(8-9-18(19)25-4)20-14(2)15(3)22-26-20/h5-11,21H,12H2,1-4H3. The molecule has 7 heteroatoms. The lowest BCUT2D eigenvalue weighted by Gasteiger charge is -2.12. The highest BCUT2D eigenvalue weighted by Gasteiger charge is 2.22. The number of methoxy groups -OCH3 is 1. The molecule has 0 aliphatic carbocycles. The predicted molar refractivity (Wildman–Crippen MR) is 103 cm³/mol. The van der Waals surface area contributed by atoms with Crippen LogP contribution in [0.2, 0.25) is 0 Å². The average Bonchev–Trinajstić information content (AvgIpc) is 2.98. The van der Waals surface area contributed by atoms with Gasteiger partial charge in [-0.2, -0.15) is 0 Å². The highest BCUT2D eigenvalue weighted by molar-refractivity contribution is 7.89. The number of aromatic nitrogens is 1. The Morgan fingerprint density at radius 2 is 1.89 bits per heavy atom. The summed E-state index contributed by atoms with van der Waals surface area (Å²) < 4.78 is 39.1. The van der Waals surface area contributed by atoms with Crippen LogP contribution in [-0.2, 0) is 16.6 Å². The van der Waals surface area contributed by atoms with Gasteiger partial charge < -0.3 is 9.26 Å². The SMILES string of the molecule is COc1ccc(-c2onc(C)c2C)cc1S(=O)(=O)NCc1cccc(C)c1. The molecule has 1 heterocycles. The van der Waals surface area contributed by atoms with E-state index in [0.29, 0.717) is 11.3 Å². The van der Waals surface area contributed by atoms with Gasteiger partial charge in [0.2, 0.25) is 10.0 Å². The van der Waals surface area contributed by atoms with Gasteiger partial charge in [0, 0.05) is 17.7 Å². The van der Waals surface area contributed by atoms with E-state index in [9.17, 15) is 8.42 Å². The Morgan fingerprint density at radius 1 is 1.11 bits per heavy atom. The number of benzene rings is 2. The number of hydrogen-bond acceptors (Lipinski definition) is 5. The molecule has 1 N–H and O–H groups in total. The number of rotatable bonds is 6. The molecule has 3 rings (SSSR count). The molecule has 2 aromatic carbocycles. The van der Waals surface area contributed by atoms with E-state index in [4.69, 9.17) is 9.26 Å². The maximum absolute atomic E-state index is 12.9. The third-order valence-electron chi connectivity index (χ3n) is 4.42. The minimum atomic E-state index is -3.79. The molecule has 0 aliphatic rings. The van der Waals surface area contributed by atoms with Crippen LogP contribution in [0.4, 0.5) is 0 Å². The van der Waals surface area contributed by atoms with Crippen LogP contribution in [-0.4, -0.2) is 20.7 Å². The topological polar surface area (TPSA) is 81.4 Å². The highest BCUT2D eigenvalue weighted by atomic mass is 32.2. The molecule has 0 radical (unpaired) electrons. The molecule has 27 heavy (non-hydrogen) atoms. The predicted octanol–water partition coefficient (Wildman–Crippen LogP) is 3.75. The van der Waals surface area contributed by atoms with Crippen molar-refractivity contribution in [3.63, 3.8) is 0 Å². The maximum atomic E-state index is 12.9. The molecule has 0 saturated carbocycles. The summed E-state index contributed by atoms with van der Waals surface area (Å²) in [6, 6.07) is 12.6. The van der Waals surface area contributed by atoms with Crippen LogP contribution >= 0.6 is 0 Å². The molecule has 1 aromatic heterocycles. The van der Waals surface area contributed by atoms with E-state index in [1.165, 1.54) is 7.11 Å². The zero-order chi connectivity index (χ0) is 19.6. The Morgan fingerprint density at radius 3 is 2.52 bits per heavy atom. The highest BCUT2D eigenvalue weighted by Crippen LogP contribution is 2.32. The van der Waals surface area contributed by atoms with Crippen LogP contribution < -0.4 is 9.46 Å².